The fourth-order valence-electron chi connectivity index (χ4n) is 5.02. The molecule has 2 aromatic carbocycles. The highest BCUT2D eigenvalue weighted by Gasteiger charge is 2.31. The normalized spacial score (nSPS) is 17.4. The number of rotatable bonds is 6. The van der Waals surface area contributed by atoms with Crippen LogP contribution in [0.1, 0.15) is 18.4 Å². The topological polar surface area (TPSA) is 61.8 Å². The largest absolute Gasteiger partial charge is 0.497 e. The van der Waals surface area contributed by atoms with Crippen molar-refractivity contribution in [1.82, 2.24) is 19.8 Å². The first-order valence-electron chi connectivity index (χ1n) is 12.5. The summed E-state index contributed by atoms with van der Waals surface area (Å²) in [6, 6.07) is 20.5. The smallest absolute Gasteiger partial charge is 0.225 e. The van der Waals surface area contributed by atoms with E-state index in [1.54, 1.807) is 13.4 Å². The summed E-state index contributed by atoms with van der Waals surface area (Å²) in [6.07, 6.45) is 3.36. The zero-order valence-corrected chi connectivity index (χ0v) is 20.3. The summed E-state index contributed by atoms with van der Waals surface area (Å²) >= 11 is 0. The van der Waals surface area contributed by atoms with Gasteiger partial charge >= 0.3 is 0 Å². The van der Waals surface area contributed by atoms with Gasteiger partial charge in [0.15, 0.2) is 0 Å². The molecule has 7 heteroatoms. The van der Waals surface area contributed by atoms with Crippen molar-refractivity contribution in [2.75, 3.05) is 51.3 Å². The number of anilines is 1. The Hall–Kier alpha value is -3.45. The molecule has 2 saturated heterocycles. The number of amides is 1. The minimum absolute atomic E-state index is 0.106. The molecule has 2 aliphatic heterocycles. The van der Waals surface area contributed by atoms with Crippen molar-refractivity contribution in [3.63, 3.8) is 0 Å². The average Bonchev–Trinajstić information content (AvgIpc) is 2.94. The Morgan fingerprint density at radius 1 is 0.914 bits per heavy atom. The van der Waals surface area contributed by atoms with Crippen molar-refractivity contribution in [2.45, 2.75) is 19.4 Å². The van der Waals surface area contributed by atoms with Crippen LogP contribution in [0, 0.1) is 5.92 Å². The summed E-state index contributed by atoms with van der Waals surface area (Å²) in [5.74, 6) is 2.18. The van der Waals surface area contributed by atoms with E-state index in [1.807, 2.05) is 30.3 Å². The predicted octanol–water partition coefficient (Wildman–Crippen LogP) is 3.71. The van der Waals surface area contributed by atoms with Gasteiger partial charge in [0.05, 0.1) is 12.8 Å². The molecule has 2 fully saturated rings. The molecule has 0 saturated carbocycles. The number of aromatic nitrogens is 2. The maximum absolute atomic E-state index is 13.2. The zero-order chi connectivity index (χ0) is 24.0. The highest BCUT2D eigenvalue weighted by Crippen LogP contribution is 2.27. The number of hydrogen-bond donors (Lipinski definition) is 0. The van der Waals surface area contributed by atoms with E-state index in [1.165, 1.54) is 5.56 Å². The summed E-state index contributed by atoms with van der Waals surface area (Å²) in [4.78, 5) is 29.0. The van der Waals surface area contributed by atoms with Gasteiger partial charge in [0.2, 0.25) is 5.91 Å². The quantitative estimate of drug-likeness (QED) is 0.546. The number of ether oxygens (including phenoxy) is 1. The van der Waals surface area contributed by atoms with E-state index in [9.17, 15) is 4.79 Å². The monoisotopic (exact) mass is 471 g/mol. The zero-order valence-electron chi connectivity index (χ0n) is 20.3. The van der Waals surface area contributed by atoms with Gasteiger partial charge in [-0.25, -0.2) is 9.97 Å². The number of carbonyl (C=O) groups is 1. The fourth-order valence-corrected chi connectivity index (χ4v) is 5.02. The molecule has 0 N–H and O–H groups in total. The van der Waals surface area contributed by atoms with Gasteiger partial charge in [-0.2, -0.15) is 0 Å². The molecule has 0 spiro atoms. The van der Waals surface area contributed by atoms with Gasteiger partial charge in [-0.15, -0.1) is 0 Å². The van der Waals surface area contributed by atoms with E-state index < -0.39 is 0 Å². The van der Waals surface area contributed by atoms with Crippen molar-refractivity contribution < 1.29 is 9.53 Å². The van der Waals surface area contributed by atoms with Gasteiger partial charge in [-0.3, -0.25) is 9.69 Å². The van der Waals surface area contributed by atoms with E-state index in [-0.39, 0.29) is 5.92 Å². The van der Waals surface area contributed by atoms with Crippen molar-refractivity contribution >= 4 is 11.7 Å². The molecule has 35 heavy (non-hydrogen) atoms. The lowest BCUT2D eigenvalue weighted by molar-refractivity contribution is -0.138. The third-order valence-corrected chi connectivity index (χ3v) is 7.14. The predicted molar refractivity (Wildman–Crippen MR) is 137 cm³/mol. The van der Waals surface area contributed by atoms with Gasteiger partial charge in [0.1, 0.15) is 17.9 Å². The summed E-state index contributed by atoms with van der Waals surface area (Å²) in [5, 5.41) is 0. The lowest BCUT2D eigenvalue weighted by Crippen LogP contribution is -2.51. The Labute approximate surface area is 207 Å². The highest BCUT2D eigenvalue weighted by molar-refractivity contribution is 5.79. The molecular weight excluding hydrogens is 438 g/mol. The third-order valence-electron chi connectivity index (χ3n) is 7.14. The third kappa shape index (κ3) is 5.62. The van der Waals surface area contributed by atoms with Crippen LogP contribution in [0.15, 0.2) is 67.0 Å². The first kappa shape index (κ1) is 23.3. The Bertz CT molecular complexity index is 1110. The molecule has 5 rings (SSSR count). The lowest BCUT2D eigenvalue weighted by Gasteiger charge is -2.38. The van der Waals surface area contributed by atoms with Crippen LogP contribution in [0.5, 0.6) is 5.75 Å². The van der Waals surface area contributed by atoms with Crippen LogP contribution in [-0.2, 0) is 11.3 Å². The first-order chi connectivity index (χ1) is 17.2. The van der Waals surface area contributed by atoms with Gasteiger partial charge in [0, 0.05) is 63.4 Å². The molecule has 1 amide bonds. The number of methoxy groups -OCH3 is 1. The molecular formula is C28H33N5O2. The van der Waals surface area contributed by atoms with Crippen molar-refractivity contribution in [2.24, 2.45) is 5.92 Å². The second kappa shape index (κ2) is 10.9. The summed E-state index contributed by atoms with van der Waals surface area (Å²) < 4.78 is 5.25. The van der Waals surface area contributed by atoms with E-state index in [0.717, 1.165) is 81.5 Å². The van der Waals surface area contributed by atoms with Crippen LogP contribution in [0.25, 0.3) is 11.3 Å². The highest BCUT2D eigenvalue weighted by atomic mass is 16.5. The van der Waals surface area contributed by atoms with Gasteiger partial charge < -0.3 is 14.5 Å². The van der Waals surface area contributed by atoms with E-state index >= 15 is 0 Å². The molecule has 1 aromatic heterocycles. The van der Waals surface area contributed by atoms with Crippen molar-refractivity contribution in [3.05, 3.63) is 72.6 Å². The molecule has 0 unspecified atom stereocenters. The van der Waals surface area contributed by atoms with Crippen LogP contribution >= 0.6 is 0 Å². The summed E-state index contributed by atoms with van der Waals surface area (Å²) in [6.45, 7) is 6.15. The molecule has 7 nitrogen and oxygen atoms in total. The van der Waals surface area contributed by atoms with Crippen molar-refractivity contribution in [3.8, 4) is 17.0 Å². The van der Waals surface area contributed by atoms with Crippen LogP contribution in [0.4, 0.5) is 5.82 Å². The molecule has 0 aliphatic carbocycles. The van der Waals surface area contributed by atoms with E-state index in [2.05, 4.69) is 55.0 Å². The fraction of sp³-hybridized carbons (Fsp3) is 0.393. The van der Waals surface area contributed by atoms with Crippen LogP contribution < -0.4 is 9.64 Å². The molecule has 2 aliphatic rings. The number of piperazine rings is 1. The number of benzene rings is 2. The number of carbonyl (C=O) groups excluding carboxylic acids is 1. The van der Waals surface area contributed by atoms with E-state index in [4.69, 9.17) is 4.74 Å². The lowest BCUT2D eigenvalue weighted by atomic mass is 9.95. The number of hydrogen-bond acceptors (Lipinski definition) is 6. The molecule has 0 radical (unpaired) electrons. The Kier molecular flexibility index (Phi) is 7.23. The Morgan fingerprint density at radius 2 is 1.63 bits per heavy atom. The molecule has 3 aromatic rings. The van der Waals surface area contributed by atoms with Crippen LogP contribution in [-0.4, -0.2) is 72.1 Å². The second-order valence-electron chi connectivity index (χ2n) is 9.34. The average molecular weight is 472 g/mol. The van der Waals surface area contributed by atoms with Gasteiger partial charge in [-0.05, 0) is 42.7 Å². The molecule has 3 heterocycles. The Balaban J connectivity index is 1.12. The Morgan fingerprint density at radius 3 is 2.31 bits per heavy atom. The standard InChI is InChI=1S/C28H33N5O2/c1-35-25-9-7-23(8-10-25)26-19-27(30-21-29-26)32-13-11-24(12-14-32)28(34)33-17-15-31(16-18-33)20-22-5-3-2-4-6-22/h2-10,19,21,24H,11-18,20H2,1H3. The van der Waals surface area contributed by atoms with Gasteiger partial charge in [0.25, 0.3) is 0 Å². The molecule has 0 atom stereocenters. The molecule has 182 valence electrons. The SMILES string of the molecule is COc1ccc(-c2cc(N3CCC(C(=O)N4CCN(Cc5ccccc5)CC4)CC3)ncn2)cc1. The van der Waals surface area contributed by atoms with Crippen LogP contribution in [0.2, 0.25) is 0 Å². The first-order valence-corrected chi connectivity index (χ1v) is 12.5. The minimum atomic E-state index is 0.106. The van der Waals surface area contributed by atoms with Crippen molar-refractivity contribution in [1.29, 1.82) is 0 Å². The van der Waals surface area contributed by atoms with Crippen LogP contribution in [0.3, 0.4) is 0 Å². The summed E-state index contributed by atoms with van der Waals surface area (Å²) in [7, 11) is 1.66. The maximum atomic E-state index is 13.2. The van der Waals surface area contributed by atoms with Gasteiger partial charge in [-0.1, -0.05) is 30.3 Å². The minimum Gasteiger partial charge on any atom is -0.497 e. The summed E-state index contributed by atoms with van der Waals surface area (Å²) in [5.41, 5.74) is 3.26. The number of nitrogens with zero attached hydrogens (tertiary/aromatic N) is 5. The van der Waals surface area contributed by atoms with E-state index in [0.29, 0.717) is 5.91 Å². The second-order valence-corrected chi connectivity index (χ2v) is 9.34. The molecule has 0 bridgehead atoms. The number of piperidine rings is 1. The maximum Gasteiger partial charge on any atom is 0.225 e.